The number of aromatic nitrogens is 3. The summed E-state index contributed by atoms with van der Waals surface area (Å²) in [6.07, 6.45) is 0. The molecule has 1 unspecified atom stereocenters. The van der Waals surface area contributed by atoms with Gasteiger partial charge in [0, 0.05) is 11.8 Å². The van der Waals surface area contributed by atoms with Crippen molar-refractivity contribution >= 4 is 17.7 Å². The summed E-state index contributed by atoms with van der Waals surface area (Å²) >= 11 is 1.33. The molecule has 1 aromatic rings. The largest absolute Gasteiger partial charge is 0.468 e. The van der Waals surface area contributed by atoms with Gasteiger partial charge in [0.2, 0.25) is 0 Å². The molecule has 2 N–H and O–H groups in total. The fourth-order valence-corrected chi connectivity index (χ4v) is 2.74. The van der Waals surface area contributed by atoms with Gasteiger partial charge in [-0.3, -0.25) is 9.36 Å². The standard InChI is InChI=1S/C11H20N4O3S/c1-7(2)15-9(17)13-14-10(15)19-6-11(3,12-4)8(16)18-5/h7,12H,6H2,1-5H3,(H,13,17). The summed E-state index contributed by atoms with van der Waals surface area (Å²) in [5, 5.41) is 9.88. The van der Waals surface area contributed by atoms with E-state index in [0.717, 1.165) is 0 Å². The van der Waals surface area contributed by atoms with E-state index in [9.17, 15) is 9.59 Å². The molecule has 1 rings (SSSR count). The van der Waals surface area contributed by atoms with Gasteiger partial charge in [-0.1, -0.05) is 11.8 Å². The van der Waals surface area contributed by atoms with E-state index in [1.165, 1.54) is 18.9 Å². The van der Waals surface area contributed by atoms with Gasteiger partial charge in [-0.25, -0.2) is 9.89 Å². The van der Waals surface area contributed by atoms with Gasteiger partial charge in [0.05, 0.1) is 7.11 Å². The van der Waals surface area contributed by atoms with Crippen LogP contribution in [-0.2, 0) is 9.53 Å². The van der Waals surface area contributed by atoms with E-state index >= 15 is 0 Å². The van der Waals surface area contributed by atoms with Crippen LogP contribution in [0.2, 0.25) is 0 Å². The van der Waals surface area contributed by atoms with Crippen molar-refractivity contribution in [2.24, 2.45) is 0 Å². The van der Waals surface area contributed by atoms with E-state index in [4.69, 9.17) is 4.74 Å². The van der Waals surface area contributed by atoms with Gasteiger partial charge in [-0.05, 0) is 27.8 Å². The van der Waals surface area contributed by atoms with Crippen molar-refractivity contribution in [2.45, 2.75) is 37.5 Å². The number of esters is 1. The van der Waals surface area contributed by atoms with Crippen LogP contribution >= 0.6 is 11.8 Å². The molecule has 0 aromatic carbocycles. The topological polar surface area (TPSA) is 89.0 Å². The molecule has 0 aliphatic heterocycles. The molecule has 0 bridgehead atoms. The number of hydrogen-bond donors (Lipinski definition) is 2. The van der Waals surface area contributed by atoms with Crippen LogP contribution in [0.4, 0.5) is 0 Å². The highest BCUT2D eigenvalue weighted by atomic mass is 32.2. The van der Waals surface area contributed by atoms with Crippen molar-refractivity contribution in [3.8, 4) is 0 Å². The molecule has 8 heteroatoms. The minimum atomic E-state index is -0.823. The third-order valence-corrected chi connectivity index (χ3v) is 4.13. The maximum atomic E-state index is 11.7. The average Bonchev–Trinajstić information content (AvgIpc) is 2.76. The number of thioether (sulfide) groups is 1. The van der Waals surface area contributed by atoms with E-state index in [2.05, 4.69) is 15.5 Å². The van der Waals surface area contributed by atoms with Crippen molar-refractivity contribution in [1.82, 2.24) is 20.1 Å². The van der Waals surface area contributed by atoms with Crippen LogP contribution in [0, 0.1) is 0 Å². The second kappa shape index (κ2) is 6.25. The van der Waals surface area contributed by atoms with Crippen molar-refractivity contribution in [1.29, 1.82) is 0 Å². The first-order chi connectivity index (χ1) is 8.85. The van der Waals surface area contributed by atoms with Gasteiger partial charge >= 0.3 is 11.7 Å². The van der Waals surface area contributed by atoms with Gasteiger partial charge in [0.15, 0.2) is 5.16 Å². The lowest BCUT2D eigenvalue weighted by Gasteiger charge is -2.25. The number of hydrogen-bond acceptors (Lipinski definition) is 6. The molecule has 0 radical (unpaired) electrons. The molecule has 0 amide bonds. The minimum absolute atomic E-state index is 0.00715. The Morgan fingerprint density at radius 1 is 1.63 bits per heavy atom. The van der Waals surface area contributed by atoms with E-state index in [1.807, 2.05) is 13.8 Å². The van der Waals surface area contributed by atoms with Crippen molar-refractivity contribution in [2.75, 3.05) is 19.9 Å². The zero-order valence-electron chi connectivity index (χ0n) is 11.8. The first-order valence-corrected chi connectivity index (χ1v) is 6.91. The highest BCUT2D eigenvalue weighted by Crippen LogP contribution is 2.22. The molecular formula is C11H20N4O3S. The minimum Gasteiger partial charge on any atom is -0.468 e. The highest BCUT2D eigenvalue weighted by Gasteiger charge is 2.33. The molecule has 108 valence electrons. The number of methoxy groups -OCH3 is 1. The number of carbonyl (C=O) groups is 1. The second-order valence-corrected chi connectivity index (χ2v) is 5.58. The molecule has 0 aliphatic rings. The maximum absolute atomic E-state index is 11.7. The summed E-state index contributed by atoms with van der Waals surface area (Å²) in [4.78, 5) is 23.3. The predicted molar refractivity (Wildman–Crippen MR) is 73.4 cm³/mol. The summed E-state index contributed by atoms with van der Waals surface area (Å²) in [5.41, 5.74) is -1.07. The molecule has 0 aliphatic carbocycles. The van der Waals surface area contributed by atoms with Crippen LogP contribution in [0.5, 0.6) is 0 Å². The third-order valence-electron chi connectivity index (χ3n) is 2.87. The normalized spacial score (nSPS) is 14.4. The first kappa shape index (κ1) is 15.8. The third kappa shape index (κ3) is 3.38. The molecule has 0 fully saturated rings. The van der Waals surface area contributed by atoms with E-state index in [-0.39, 0.29) is 17.7 Å². The molecule has 0 saturated carbocycles. The van der Waals surface area contributed by atoms with Crippen molar-refractivity contribution in [3.63, 3.8) is 0 Å². The Kier molecular flexibility index (Phi) is 5.19. The van der Waals surface area contributed by atoms with Gasteiger partial charge < -0.3 is 10.1 Å². The van der Waals surface area contributed by atoms with Crippen molar-refractivity contribution in [3.05, 3.63) is 10.5 Å². The van der Waals surface area contributed by atoms with Gasteiger partial charge in [0.25, 0.3) is 0 Å². The Balaban J connectivity index is 2.87. The molecule has 1 heterocycles. The smallest absolute Gasteiger partial charge is 0.344 e. The van der Waals surface area contributed by atoms with Gasteiger partial charge in [-0.15, -0.1) is 5.10 Å². The summed E-state index contributed by atoms with van der Waals surface area (Å²) < 4.78 is 6.32. The van der Waals surface area contributed by atoms with Crippen LogP contribution in [0.3, 0.4) is 0 Å². The molecule has 1 atom stereocenters. The fourth-order valence-electron chi connectivity index (χ4n) is 1.51. The Morgan fingerprint density at radius 3 is 2.74 bits per heavy atom. The zero-order valence-corrected chi connectivity index (χ0v) is 12.6. The van der Waals surface area contributed by atoms with Crippen LogP contribution in [-0.4, -0.2) is 46.2 Å². The Hall–Kier alpha value is -1.28. The Morgan fingerprint density at radius 2 is 2.26 bits per heavy atom. The number of carbonyl (C=O) groups excluding carboxylic acids is 1. The number of H-pyrrole nitrogens is 1. The average molecular weight is 288 g/mol. The van der Waals surface area contributed by atoms with Gasteiger partial charge in [-0.2, -0.15) is 0 Å². The summed E-state index contributed by atoms with van der Waals surface area (Å²) in [6, 6.07) is 0.00715. The van der Waals surface area contributed by atoms with Crippen molar-refractivity contribution < 1.29 is 9.53 Å². The van der Waals surface area contributed by atoms with E-state index in [1.54, 1.807) is 18.5 Å². The maximum Gasteiger partial charge on any atom is 0.344 e. The summed E-state index contributed by atoms with van der Waals surface area (Å²) in [7, 11) is 3.04. The lowest BCUT2D eigenvalue weighted by molar-refractivity contribution is -0.146. The lowest BCUT2D eigenvalue weighted by Crippen LogP contribution is -2.50. The van der Waals surface area contributed by atoms with Gasteiger partial charge in [0.1, 0.15) is 5.54 Å². The SMILES string of the molecule is CNC(C)(CSc1n[nH]c(=O)n1C(C)C)C(=O)OC. The van der Waals surface area contributed by atoms with Crippen LogP contribution in [0.25, 0.3) is 0 Å². The van der Waals surface area contributed by atoms with E-state index in [0.29, 0.717) is 10.9 Å². The number of rotatable bonds is 6. The second-order valence-electron chi connectivity index (χ2n) is 4.64. The number of nitrogens with one attached hydrogen (secondary N) is 2. The van der Waals surface area contributed by atoms with E-state index < -0.39 is 5.54 Å². The number of aromatic amines is 1. The predicted octanol–water partition coefficient (Wildman–Crippen LogP) is 0.396. The number of nitrogens with zero attached hydrogens (tertiary/aromatic N) is 2. The quantitative estimate of drug-likeness (QED) is 0.581. The lowest BCUT2D eigenvalue weighted by atomic mass is 10.1. The molecule has 19 heavy (non-hydrogen) atoms. The number of ether oxygens (including phenoxy) is 1. The van der Waals surface area contributed by atoms with Crippen LogP contribution < -0.4 is 11.0 Å². The summed E-state index contributed by atoms with van der Waals surface area (Å²) in [6.45, 7) is 5.55. The molecular weight excluding hydrogens is 268 g/mol. The molecule has 0 spiro atoms. The molecule has 1 aromatic heterocycles. The summed E-state index contributed by atoms with van der Waals surface area (Å²) in [5.74, 6) is 0.0594. The van der Waals surface area contributed by atoms with Crippen LogP contribution in [0.15, 0.2) is 9.95 Å². The highest BCUT2D eigenvalue weighted by molar-refractivity contribution is 7.99. The number of likely N-dealkylation sites (N-methyl/N-ethyl adjacent to an activating group) is 1. The Labute approximate surface area is 116 Å². The first-order valence-electron chi connectivity index (χ1n) is 5.92. The fraction of sp³-hybridized carbons (Fsp3) is 0.727. The Bertz CT molecular complexity index is 496. The molecule has 7 nitrogen and oxygen atoms in total. The zero-order chi connectivity index (χ0) is 14.6. The molecule has 0 saturated heterocycles. The van der Waals surface area contributed by atoms with Crippen LogP contribution in [0.1, 0.15) is 26.8 Å². The monoisotopic (exact) mass is 288 g/mol.